The van der Waals surface area contributed by atoms with Crippen molar-refractivity contribution in [3.63, 3.8) is 0 Å². The minimum Gasteiger partial charge on any atom is -0.390 e. The molecule has 2 fully saturated rings. The molecule has 1 N–H and O–H groups in total. The molecule has 0 saturated carbocycles. The third kappa shape index (κ3) is 5.13. The van der Waals surface area contributed by atoms with Gasteiger partial charge in [0.25, 0.3) is 5.91 Å². The fourth-order valence-electron chi connectivity index (χ4n) is 4.62. The van der Waals surface area contributed by atoms with E-state index in [1.54, 1.807) is 18.0 Å². The molecule has 5 heterocycles. The second-order valence-electron chi connectivity index (χ2n) is 9.17. The SMILES string of the molecule is Cn1ncc(C(=O)N2CCOCC2)c1OC(=O)Nc1cc2nc(-c3ccccc3)cn2c(N2CCOCC2)n1. The molecule has 2 amide bonds. The number of aromatic nitrogens is 5. The third-order valence-corrected chi connectivity index (χ3v) is 6.63. The molecule has 13 nitrogen and oxygen atoms in total. The van der Waals surface area contributed by atoms with Crippen molar-refractivity contribution < 1.29 is 23.8 Å². The molecule has 0 spiro atoms. The Kier molecular flexibility index (Phi) is 6.82. The average molecular weight is 533 g/mol. The van der Waals surface area contributed by atoms with Gasteiger partial charge < -0.3 is 24.0 Å². The summed E-state index contributed by atoms with van der Waals surface area (Å²) in [6.07, 6.45) is 2.54. The Hall–Kier alpha value is -4.49. The number of morpholine rings is 2. The highest BCUT2D eigenvalue weighted by atomic mass is 16.6. The van der Waals surface area contributed by atoms with Crippen LogP contribution in [0.1, 0.15) is 10.4 Å². The number of nitrogens with one attached hydrogen (secondary N) is 1. The van der Waals surface area contributed by atoms with Crippen LogP contribution in [0.5, 0.6) is 5.88 Å². The fourth-order valence-corrected chi connectivity index (χ4v) is 4.62. The zero-order chi connectivity index (χ0) is 26.8. The number of nitrogens with zero attached hydrogens (tertiary/aromatic N) is 7. The minimum absolute atomic E-state index is 0.0469. The Bertz CT molecular complexity index is 1490. The molecule has 6 rings (SSSR count). The molecular formula is C26H28N8O5. The maximum Gasteiger partial charge on any atom is 0.419 e. The van der Waals surface area contributed by atoms with Crippen LogP contribution in [0.25, 0.3) is 16.9 Å². The number of hydrogen-bond acceptors (Lipinski definition) is 9. The zero-order valence-corrected chi connectivity index (χ0v) is 21.4. The van der Waals surface area contributed by atoms with Crippen molar-refractivity contribution in [1.29, 1.82) is 0 Å². The monoisotopic (exact) mass is 532 g/mol. The molecule has 0 aliphatic carbocycles. The van der Waals surface area contributed by atoms with E-state index >= 15 is 0 Å². The predicted molar refractivity (Wildman–Crippen MR) is 141 cm³/mol. The lowest BCUT2D eigenvalue weighted by Crippen LogP contribution is -2.40. The van der Waals surface area contributed by atoms with E-state index in [2.05, 4.69) is 15.3 Å². The predicted octanol–water partition coefficient (Wildman–Crippen LogP) is 2.05. The van der Waals surface area contributed by atoms with Crippen molar-refractivity contribution in [3.8, 4) is 17.1 Å². The molecular weight excluding hydrogens is 504 g/mol. The normalized spacial score (nSPS) is 15.9. The van der Waals surface area contributed by atoms with Gasteiger partial charge in [-0.1, -0.05) is 30.3 Å². The lowest BCUT2D eigenvalue weighted by Gasteiger charge is -2.28. The number of rotatable bonds is 5. The molecule has 0 unspecified atom stereocenters. The van der Waals surface area contributed by atoms with E-state index in [0.29, 0.717) is 64.2 Å². The van der Waals surface area contributed by atoms with Gasteiger partial charge in [0, 0.05) is 51.1 Å². The van der Waals surface area contributed by atoms with Gasteiger partial charge in [-0.25, -0.2) is 14.5 Å². The van der Waals surface area contributed by atoms with E-state index in [-0.39, 0.29) is 23.2 Å². The number of carbonyl (C=O) groups is 2. The lowest BCUT2D eigenvalue weighted by atomic mass is 10.2. The van der Waals surface area contributed by atoms with Crippen LogP contribution in [0.4, 0.5) is 16.6 Å². The van der Waals surface area contributed by atoms with E-state index in [4.69, 9.17) is 24.2 Å². The molecule has 2 aliphatic rings. The molecule has 39 heavy (non-hydrogen) atoms. The molecule has 1 aromatic carbocycles. The van der Waals surface area contributed by atoms with Crippen molar-refractivity contribution in [3.05, 3.63) is 54.4 Å². The lowest BCUT2D eigenvalue weighted by molar-refractivity contribution is 0.0301. The minimum atomic E-state index is -0.797. The van der Waals surface area contributed by atoms with Gasteiger partial charge in [-0.2, -0.15) is 10.1 Å². The van der Waals surface area contributed by atoms with Crippen LogP contribution in [0.15, 0.2) is 48.8 Å². The Labute approximate surface area is 223 Å². The van der Waals surface area contributed by atoms with Crippen LogP contribution in [-0.4, -0.2) is 93.7 Å². The van der Waals surface area contributed by atoms with E-state index < -0.39 is 6.09 Å². The second kappa shape index (κ2) is 10.7. The van der Waals surface area contributed by atoms with E-state index in [1.165, 1.54) is 10.9 Å². The fraction of sp³-hybridized carbons (Fsp3) is 0.346. The number of amides is 2. The summed E-state index contributed by atoms with van der Waals surface area (Å²) in [6.45, 7) is 4.29. The van der Waals surface area contributed by atoms with Crippen molar-refractivity contribution in [1.82, 2.24) is 29.0 Å². The van der Waals surface area contributed by atoms with Crippen LogP contribution >= 0.6 is 0 Å². The Morgan fingerprint density at radius 1 is 0.974 bits per heavy atom. The average Bonchev–Trinajstić information content (AvgIpc) is 3.57. The molecule has 2 saturated heterocycles. The van der Waals surface area contributed by atoms with E-state index in [0.717, 1.165) is 11.3 Å². The second-order valence-corrected chi connectivity index (χ2v) is 9.17. The quantitative estimate of drug-likeness (QED) is 0.411. The Morgan fingerprint density at radius 3 is 2.44 bits per heavy atom. The number of anilines is 2. The number of ether oxygens (including phenoxy) is 3. The first-order valence-electron chi connectivity index (χ1n) is 12.7. The number of benzene rings is 1. The summed E-state index contributed by atoms with van der Waals surface area (Å²) in [4.78, 5) is 39.3. The van der Waals surface area contributed by atoms with Crippen molar-refractivity contribution in [2.75, 3.05) is 62.8 Å². The van der Waals surface area contributed by atoms with Crippen molar-refractivity contribution in [2.45, 2.75) is 0 Å². The largest absolute Gasteiger partial charge is 0.419 e. The van der Waals surface area contributed by atoms with E-state index in [1.807, 2.05) is 40.9 Å². The molecule has 3 aromatic heterocycles. The van der Waals surface area contributed by atoms with E-state index in [9.17, 15) is 9.59 Å². The highest BCUT2D eigenvalue weighted by Gasteiger charge is 2.26. The number of imidazole rings is 1. The van der Waals surface area contributed by atoms with Gasteiger partial charge >= 0.3 is 6.09 Å². The molecule has 2 aliphatic heterocycles. The number of fused-ring (bicyclic) bond motifs is 1. The molecule has 13 heteroatoms. The smallest absolute Gasteiger partial charge is 0.390 e. The Balaban J connectivity index is 1.28. The molecule has 202 valence electrons. The van der Waals surface area contributed by atoms with Crippen LogP contribution in [0.2, 0.25) is 0 Å². The van der Waals surface area contributed by atoms with Gasteiger partial charge in [0.1, 0.15) is 17.0 Å². The summed E-state index contributed by atoms with van der Waals surface area (Å²) in [5.41, 5.74) is 2.57. The van der Waals surface area contributed by atoms with Gasteiger partial charge in [0.2, 0.25) is 11.8 Å². The summed E-state index contributed by atoms with van der Waals surface area (Å²) in [7, 11) is 1.61. The van der Waals surface area contributed by atoms with Crippen LogP contribution in [-0.2, 0) is 16.5 Å². The van der Waals surface area contributed by atoms with Gasteiger partial charge in [0.05, 0.1) is 38.3 Å². The third-order valence-electron chi connectivity index (χ3n) is 6.63. The number of hydrogen-bond donors (Lipinski definition) is 1. The van der Waals surface area contributed by atoms with Crippen LogP contribution in [0.3, 0.4) is 0 Å². The van der Waals surface area contributed by atoms with Gasteiger partial charge in [-0.15, -0.1) is 0 Å². The van der Waals surface area contributed by atoms with Crippen molar-refractivity contribution >= 4 is 29.4 Å². The maximum absolute atomic E-state index is 13.0. The number of carbonyl (C=O) groups excluding carboxylic acids is 2. The first-order valence-corrected chi connectivity index (χ1v) is 12.7. The topological polar surface area (TPSA) is 128 Å². The highest BCUT2D eigenvalue weighted by molar-refractivity contribution is 5.97. The summed E-state index contributed by atoms with van der Waals surface area (Å²) in [5.74, 6) is 0.673. The molecule has 0 bridgehead atoms. The number of aryl methyl sites for hydroxylation is 1. The van der Waals surface area contributed by atoms with Crippen molar-refractivity contribution in [2.24, 2.45) is 7.05 Å². The van der Waals surface area contributed by atoms with Crippen LogP contribution in [0, 0.1) is 0 Å². The summed E-state index contributed by atoms with van der Waals surface area (Å²) in [5, 5.41) is 6.83. The summed E-state index contributed by atoms with van der Waals surface area (Å²) in [6, 6.07) is 11.5. The maximum atomic E-state index is 13.0. The Morgan fingerprint density at radius 2 is 1.69 bits per heavy atom. The van der Waals surface area contributed by atoms with Crippen LogP contribution < -0.4 is 15.0 Å². The zero-order valence-electron chi connectivity index (χ0n) is 21.4. The van der Waals surface area contributed by atoms with Gasteiger partial charge in [-0.3, -0.25) is 14.5 Å². The molecule has 4 aromatic rings. The molecule has 0 atom stereocenters. The summed E-state index contributed by atoms with van der Waals surface area (Å²) >= 11 is 0. The standard InChI is InChI=1S/C26H28N8O5/c1-31-24(19(16-27-31)23(35)32-7-11-37-12-8-32)39-26(36)30-21-15-22-28-20(18-5-3-2-4-6-18)17-34(22)25(29-21)33-9-13-38-14-10-33/h2-6,15-17H,7-14H2,1H3,(H,30,36). The first kappa shape index (κ1) is 24.8. The van der Waals surface area contributed by atoms with Gasteiger partial charge in [0.15, 0.2) is 0 Å². The highest BCUT2D eigenvalue weighted by Crippen LogP contribution is 2.26. The molecule has 0 radical (unpaired) electrons. The summed E-state index contributed by atoms with van der Waals surface area (Å²) < 4.78 is 19.7. The van der Waals surface area contributed by atoms with Gasteiger partial charge in [-0.05, 0) is 0 Å². The first-order chi connectivity index (χ1) is 19.1.